The van der Waals surface area contributed by atoms with E-state index in [4.69, 9.17) is 0 Å². The van der Waals surface area contributed by atoms with E-state index in [-0.39, 0.29) is 11.7 Å². The normalized spacial score (nSPS) is 17.3. The van der Waals surface area contributed by atoms with E-state index >= 15 is 0 Å². The molecule has 1 aliphatic heterocycles. The molecule has 4 nitrogen and oxygen atoms in total. The van der Waals surface area contributed by atoms with Crippen LogP contribution in [0.15, 0.2) is 18.2 Å². The molecule has 1 fully saturated rings. The molecule has 3 rings (SSSR count). The SMILES string of the molecule is CC(=O)c1ccc2c(c1)CCCN2CC(=O)N(C)C1CC1. The Kier molecular flexibility index (Phi) is 3.70. The van der Waals surface area contributed by atoms with Gasteiger partial charge in [-0.1, -0.05) is 0 Å². The molecular weight excluding hydrogens is 264 g/mol. The summed E-state index contributed by atoms with van der Waals surface area (Å²) in [4.78, 5) is 27.8. The Morgan fingerprint density at radius 2 is 2.10 bits per heavy atom. The molecule has 4 heteroatoms. The van der Waals surface area contributed by atoms with Gasteiger partial charge in [-0.3, -0.25) is 9.59 Å². The van der Waals surface area contributed by atoms with Crippen LogP contribution in [-0.4, -0.2) is 42.8 Å². The number of Topliss-reactive ketones (excluding diaryl/α,β-unsaturated/α-hetero) is 1. The topological polar surface area (TPSA) is 40.6 Å². The van der Waals surface area contributed by atoms with Crippen LogP contribution in [0, 0.1) is 0 Å². The highest BCUT2D eigenvalue weighted by Gasteiger charge is 2.30. The highest BCUT2D eigenvalue weighted by molar-refractivity contribution is 5.95. The van der Waals surface area contributed by atoms with Gasteiger partial charge >= 0.3 is 0 Å². The third-order valence-electron chi connectivity index (χ3n) is 4.51. The highest BCUT2D eigenvalue weighted by atomic mass is 16.2. The maximum Gasteiger partial charge on any atom is 0.242 e. The third kappa shape index (κ3) is 2.94. The van der Waals surface area contributed by atoms with E-state index in [1.807, 2.05) is 30.1 Å². The van der Waals surface area contributed by atoms with E-state index in [2.05, 4.69) is 4.90 Å². The molecule has 0 atom stereocenters. The summed E-state index contributed by atoms with van der Waals surface area (Å²) in [7, 11) is 1.91. The fourth-order valence-electron chi connectivity index (χ4n) is 3.00. The van der Waals surface area contributed by atoms with Gasteiger partial charge in [0.25, 0.3) is 0 Å². The van der Waals surface area contributed by atoms with E-state index in [1.54, 1.807) is 6.92 Å². The molecule has 1 aromatic carbocycles. The molecule has 112 valence electrons. The minimum atomic E-state index is 0.0967. The van der Waals surface area contributed by atoms with Crippen LogP contribution in [0.25, 0.3) is 0 Å². The zero-order valence-electron chi connectivity index (χ0n) is 12.8. The predicted molar refractivity (Wildman–Crippen MR) is 82.8 cm³/mol. The standard InChI is InChI=1S/C17H22N2O2/c1-12(20)13-5-8-16-14(10-13)4-3-9-19(16)11-17(21)18(2)15-6-7-15/h5,8,10,15H,3-4,6-7,9,11H2,1-2H3. The smallest absolute Gasteiger partial charge is 0.242 e. The summed E-state index contributed by atoms with van der Waals surface area (Å²) in [5.74, 6) is 0.292. The summed E-state index contributed by atoms with van der Waals surface area (Å²) in [5, 5.41) is 0. The van der Waals surface area contributed by atoms with Gasteiger partial charge in [-0.15, -0.1) is 0 Å². The highest BCUT2D eigenvalue weighted by Crippen LogP contribution is 2.29. The summed E-state index contributed by atoms with van der Waals surface area (Å²) in [6, 6.07) is 6.31. The van der Waals surface area contributed by atoms with Crippen LogP contribution in [0.3, 0.4) is 0 Å². The van der Waals surface area contributed by atoms with Gasteiger partial charge < -0.3 is 9.80 Å². The summed E-state index contributed by atoms with van der Waals surface area (Å²) >= 11 is 0. The van der Waals surface area contributed by atoms with Gasteiger partial charge in [0.1, 0.15) is 0 Å². The number of likely N-dealkylation sites (N-methyl/N-ethyl adjacent to an activating group) is 1. The molecule has 0 spiro atoms. The van der Waals surface area contributed by atoms with Crippen LogP contribution >= 0.6 is 0 Å². The molecule has 1 aliphatic carbocycles. The van der Waals surface area contributed by atoms with Gasteiger partial charge in [-0.25, -0.2) is 0 Å². The first kappa shape index (κ1) is 14.1. The second kappa shape index (κ2) is 5.51. The van der Waals surface area contributed by atoms with Gasteiger partial charge in [0.2, 0.25) is 5.91 Å². The summed E-state index contributed by atoms with van der Waals surface area (Å²) in [6.45, 7) is 2.95. The maximum atomic E-state index is 12.3. The van der Waals surface area contributed by atoms with Crippen LogP contribution in [0.4, 0.5) is 5.69 Å². The van der Waals surface area contributed by atoms with Crippen molar-refractivity contribution in [2.24, 2.45) is 0 Å². The quantitative estimate of drug-likeness (QED) is 0.797. The van der Waals surface area contributed by atoms with Crippen LogP contribution in [-0.2, 0) is 11.2 Å². The lowest BCUT2D eigenvalue weighted by atomic mass is 9.98. The molecule has 0 bridgehead atoms. The first-order chi connectivity index (χ1) is 10.1. The molecule has 0 unspecified atom stereocenters. The Bertz CT molecular complexity index is 578. The van der Waals surface area contributed by atoms with Gasteiger partial charge in [-0.2, -0.15) is 0 Å². The minimum Gasteiger partial charge on any atom is -0.362 e. The molecule has 1 aromatic rings. The molecule has 0 radical (unpaired) electrons. The Labute approximate surface area is 125 Å². The Hall–Kier alpha value is -1.84. The van der Waals surface area contributed by atoms with Crippen LogP contribution < -0.4 is 4.90 Å². The molecule has 0 saturated heterocycles. The second-order valence-electron chi connectivity index (χ2n) is 6.16. The average molecular weight is 286 g/mol. The van der Waals surface area contributed by atoms with Crippen LogP contribution in [0.5, 0.6) is 0 Å². The number of carbonyl (C=O) groups excluding carboxylic acids is 2. The maximum absolute atomic E-state index is 12.3. The molecule has 0 N–H and O–H groups in total. The number of aryl methyl sites for hydroxylation is 1. The fraction of sp³-hybridized carbons (Fsp3) is 0.529. The van der Waals surface area contributed by atoms with E-state index in [9.17, 15) is 9.59 Å². The number of carbonyl (C=O) groups is 2. The van der Waals surface area contributed by atoms with Crippen molar-refractivity contribution in [2.75, 3.05) is 25.0 Å². The number of fused-ring (bicyclic) bond motifs is 1. The zero-order valence-corrected chi connectivity index (χ0v) is 12.8. The zero-order chi connectivity index (χ0) is 15.0. The average Bonchev–Trinajstić information content (AvgIpc) is 3.30. The van der Waals surface area contributed by atoms with Gasteiger partial charge in [0.15, 0.2) is 5.78 Å². The van der Waals surface area contributed by atoms with Crippen molar-refractivity contribution in [3.05, 3.63) is 29.3 Å². The van der Waals surface area contributed by atoms with Crippen LogP contribution in [0.1, 0.15) is 42.1 Å². The van der Waals surface area contributed by atoms with Crippen molar-refractivity contribution in [1.82, 2.24) is 4.90 Å². The first-order valence-electron chi connectivity index (χ1n) is 7.70. The van der Waals surface area contributed by atoms with E-state index in [0.29, 0.717) is 12.6 Å². The number of anilines is 1. The number of amides is 1. The van der Waals surface area contributed by atoms with E-state index < -0.39 is 0 Å². The summed E-state index contributed by atoms with van der Waals surface area (Å²) in [6.07, 6.45) is 4.30. The third-order valence-corrected chi connectivity index (χ3v) is 4.51. The lowest BCUT2D eigenvalue weighted by Crippen LogP contribution is -2.41. The van der Waals surface area contributed by atoms with E-state index in [1.165, 1.54) is 5.56 Å². The lowest BCUT2D eigenvalue weighted by Gasteiger charge is -2.32. The van der Waals surface area contributed by atoms with Crippen molar-refractivity contribution < 1.29 is 9.59 Å². The number of benzene rings is 1. The molecule has 21 heavy (non-hydrogen) atoms. The first-order valence-corrected chi connectivity index (χ1v) is 7.70. The van der Waals surface area contributed by atoms with Crippen LogP contribution in [0.2, 0.25) is 0 Å². The molecule has 1 heterocycles. The van der Waals surface area contributed by atoms with Crippen molar-refractivity contribution in [1.29, 1.82) is 0 Å². The summed E-state index contributed by atoms with van der Waals surface area (Å²) < 4.78 is 0. The van der Waals surface area contributed by atoms with Crippen molar-refractivity contribution in [3.63, 3.8) is 0 Å². The van der Waals surface area contributed by atoms with E-state index in [0.717, 1.165) is 43.5 Å². The molecule has 1 saturated carbocycles. The lowest BCUT2D eigenvalue weighted by molar-refractivity contribution is -0.128. The van der Waals surface area contributed by atoms with Gasteiger partial charge in [-0.05, 0) is 56.4 Å². The van der Waals surface area contributed by atoms with Crippen molar-refractivity contribution in [2.45, 2.75) is 38.6 Å². The number of ketones is 1. The van der Waals surface area contributed by atoms with Gasteiger partial charge in [0.05, 0.1) is 6.54 Å². The van der Waals surface area contributed by atoms with Crippen molar-refractivity contribution in [3.8, 4) is 0 Å². The number of hydrogen-bond donors (Lipinski definition) is 0. The number of hydrogen-bond acceptors (Lipinski definition) is 3. The molecule has 0 aromatic heterocycles. The fourth-order valence-corrected chi connectivity index (χ4v) is 3.00. The molecular formula is C17H22N2O2. The molecule has 2 aliphatic rings. The van der Waals surface area contributed by atoms with Crippen molar-refractivity contribution >= 4 is 17.4 Å². The Morgan fingerprint density at radius 3 is 2.76 bits per heavy atom. The predicted octanol–water partition coefficient (Wildman–Crippen LogP) is 2.26. The number of rotatable bonds is 4. The largest absolute Gasteiger partial charge is 0.362 e. The monoisotopic (exact) mass is 286 g/mol. The second-order valence-corrected chi connectivity index (χ2v) is 6.16. The minimum absolute atomic E-state index is 0.0967. The van der Waals surface area contributed by atoms with Gasteiger partial charge in [0, 0.05) is 30.9 Å². The number of nitrogens with zero attached hydrogens (tertiary/aromatic N) is 2. The Morgan fingerprint density at radius 1 is 1.33 bits per heavy atom. The Balaban J connectivity index is 1.77. The molecule has 1 amide bonds. The summed E-state index contributed by atoms with van der Waals surface area (Å²) in [5.41, 5.74) is 3.07.